The first-order valence-corrected chi connectivity index (χ1v) is 10.3. The lowest BCUT2D eigenvalue weighted by Crippen LogP contribution is -2.37. The monoisotopic (exact) mass is 444 g/mol. The predicted molar refractivity (Wildman–Crippen MR) is 114 cm³/mol. The summed E-state index contributed by atoms with van der Waals surface area (Å²) in [5.41, 5.74) is 1.81. The number of benzene rings is 2. The number of amides is 1. The third-order valence-corrected chi connectivity index (χ3v) is 5.61. The zero-order valence-electron chi connectivity index (χ0n) is 16.8. The van der Waals surface area contributed by atoms with Crippen LogP contribution in [0.15, 0.2) is 53.6 Å². The van der Waals surface area contributed by atoms with Crippen molar-refractivity contribution in [1.29, 1.82) is 5.26 Å². The molecule has 160 valence electrons. The highest BCUT2D eigenvalue weighted by atomic mass is 32.2. The fourth-order valence-electron chi connectivity index (χ4n) is 2.95. The lowest BCUT2D eigenvalue weighted by molar-refractivity contribution is -0.145. The molecule has 5 nitrogen and oxygen atoms in total. The third-order valence-electron chi connectivity index (χ3n) is 4.52. The molecule has 0 radical (unpaired) electrons. The largest absolute Gasteiger partial charge is 0.451 e. The van der Waals surface area contributed by atoms with Crippen molar-refractivity contribution in [2.24, 2.45) is 0 Å². The number of halogens is 3. The van der Waals surface area contributed by atoms with Crippen LogP contribution in [-0.2, 0) is 11.0 Å². The van der Waals surface area contributed by atoms with Gasteiger partial charge in [0, 0.05) is 17.6 Å². The van der Waals surface area contributed by atoms with Crippen LogP contribution >= 0.6 is 11.8 Å². The highest BCUT2D eigenvalue weighted by molar-refractivity contribution is 8.00. The van der Waals surface area contributed by atoms with Gasteiger partial charge in [-0.1, -0.05) is 47.7 Å². The zero-order valence-corrected chi connectivity index (χ0v) is 17.7. The van der Waals surface area contributed by atoms with Crippen LogP contribution in [0.4, 0.5) is 18.9 Å². The molecule has 1 unspecified atom stereocenters. The number of nitrogens with zero attached hydrogens (tertiary/aromatic N) is 4. The van der Waals surface area contributed by atoms with Crippen LogP contribution in [-0.4, -0.2) is 27.7 Å². The number of thioether (sulfide) groups is 1. The first-order chi connectivity index (χ1) is 14.7. The zero-order chi connectivity index (χ0) is 22.6. The molecule has 1 amide bonds. The van der Waals surface area contributed by atoms with Crippen LogP contribution in [0.2, 0.25) is 0 Å². The van der Waals surface area contributed by atoms with Gasteiger partial charge in [0.2, 0.25) is 11.7 Å². The van der Waals surface area contributed by atoms with Gasteiger partial charge in [0.15, 0.2) is 0 Å². The average Bonchev–Trinajstić information content (AvgIpc) is 2.74. The van der Waals surface area contributed by atoms with E-state index in [0.29, 0.717) is 11.1 Å². The van der Waals surface area contributed by atoms with Gasteiger partial charge < -0.3 is 4.90 Å². The summed E-state index contributed by atoms with van der Waals surface area (Å²) >= 11 is 0.946. The molecule has 2 aromatic carbocycles. The maximum Gasteiger partial charge on any atom is 0.451 e. The number of rotatable bonds is 6. The second-order valence-electron chi connectivity index (χ2n) is 6.86. The summed E-state index contributed by atoms with van der Waals surface area (Å²) in [7, 11) is 0. The molecule has 9 heteroatoms. The molecule has 0 aliphatic rings. The van der Waals surface area contributed by atoms with E-state index in [4.69, 9.17) is 5.26 Å². The number of carbonyl (C=O) groups excluding carboxylic acids is 1. The van der Waals surface area contributed by atoms with E-state index in [0.717, 1.165) is 17.3 Å². The molecule has 1 atom stereocenters. The second-order valence-corrected chi connectivity index (χ2v) is 8.19. The number of fused-ring (bicyclic) bond motifs is 1. The van der Waals surface area contributed by atoms with E-state index >= 15 is 0 Å². The minimum absolute atomic E-state index is 0.0860. The number of anilines is 1. The highest BCUT2D eigenvalue weighted by Crippen LogP contribution is 2.34. The Balaban J connectivity index is 1.94. The predicted octanol–water partition coefficient (Wildman–Crippen LogP) is 5.38. The Hall–Kier alpha value is -3.12. The van der Waals surface area contributed by atoms with Gasteiger partial charge in [-0.05, 0) is 32.0 Å². The molecule has 0 saturated heterocycles. The minimum atomic E-state index is -4.70. The Morgan fingerprint density at radius 3 is 2.48 bits per heavy atom. The van der Waals surface area contributed by atoms with Gasteiger partial charge in [-0.2, -0.15) is 18.4 Å². The van der Waals surface area contributed by atoms with E-state index in [1.165, 1.54) is 11.0 Å². The fraction of sp³-hybridized carbons (Fsp3) is 0.273. The molecule has 0 N–H and O–H groups in total. The van der Waals surface area contributed by atoms with Crippen molar-refractivity contribution in [3.05, 3.63) is 59.9 Å². The summed E-state index contributed by atoms with van der Waals surface area (Å²) in [5, 5.41) is 8.76. The minimum Gasteiger partial charge on any atom is -0.310 e. The number of carbonyl (C=O) groups is 1. The topological polar surface area (TPSA) is 69.9 Å². The van der Waals surface area contributed by atoms with Crippen molar-refractivity contribution >= 4 is 34.3 Å². The molecular weight excluding hydrogens is 425 g/mol. The number of hydrogen-bond donors (Lipinski definition) is 0. The smallest absolute Gasteiger partial charge is 0.310 e. The van der Waals surface area contributed by atoms with Gasteiger partial charge in [0.1, 0.15) is 5.03 Å². The maximum absolute atomic E-state index is 13.3. The summed E-state index contributed by atoms with van der Waals surface area (Å²) in [5.74, 6) is -1.56. The lowest BCUT2D eigenvalue weighted by Gasteiger charge is -2.25. The molecule has 3 rings (SSSR count). The fourth-order valence-corrected chi connectivity index (χ4v) is 3.96. The number of para-hydroxylation sites is 1. The molecule has 0 bridgehead atoms. The Labute approximate surface area is 181 Å². The van der Waals surface area contributed by atoms with Crippen molar-refractivity contribution in [2.45, 2.75) is 36.7 Å². The van der Waals surface area contributed by atoms with Gasteiger partial charge in [-0.15, -0.1) is 0 Å². The number of hydrogen-bond acceptors (Lipinski definition) is 5. The standard InChI is InChI=1S/C22H19F3N4OS/c1-14-8-10-16(11-9-14)29(13-5-12-26)20(30)15(2)31-19-17-6-3-4-7-18(17)27-21(28-19)22(23,24)25/h3-4,6-11,15H,5,13H2,1-2H3. The van der Waals surface area contributed by atoms with Crippen LogP contribution in [0.5, 0.6) is 0 Å². The number of alkyl halides is 3. The lowest BCUT2D eigenvalue weighted by atomic mass is 10.2. The summed E-state index contributed by atoms with van der Waals surface area (Å²) < 4.78 is 39.8. The molecule has 0 fully saturated rings. The molecule has 0 saturated carbocycles. The summed E-state index contributed by atoms with van der Waals surface area (Å²) in [4.78, 5) is 22.0. The van der Waals surface area contributed by atoms with E-state index in [1.807, 2.05) is 25.1 Å². The van der Waals surface area contributed by atoms with Gasteiger partial charge in [-0.3, -0.25) is 4.79 Å². The normalized spacial score (nSPS) is 12.4. The first-order valence-electron chi connectivity index (χ1n) is 9.46. The molecule has 1 aromatic heterocycles. The van der Waals surface area contributed by atoms with Crippen molar-refractivity contribution in [3.8, 4) is 6.07 Å². The third kappa shape index (κ3) is 5.33. The van der Waals surface area contributed by atoms with Crippen LogP contribution < -0.4 is 4.90 Å². The Bertz CT molecular complexity index is 1130. The van der Waals surface area contributed by atoms with Gasteiger partial charge in [0.05, 0.1) is 23.3 Å². The Morgan fingerprint density at radius 2 is 1.84 bits per heavy atom. The summed E-state index contributed by atoms with van der Waals surface area (Å²) in [6.45, 7) is 3.72. The molecule has 3 aromatic rings. The Kier molecular flexibility index (Phi) is 6.81. The van der Waals surface area contributed by atoms with Crippen LogP contribution in [0, 0.1) is 18.3 Å². The molecular formula is C22H19F3N4OS. The molecule has 0 spiro atoms. The highest BCUT2D eigenvalue weighted by Gasteiger charge is 2.36. The van der Waals surface area contributed by atoms with Crippen molar-refractivity contribution in [3.63, 3.8) is 0 Å². The van der Waals surface area contributed by atoms with E-state index in [2.05, 4.69) is 9.97 Å². The van der Waals surface area contributed by atoms with Gasteiger partial charge >= 0.3 is 6.18 Å². The molecule has 31 heavy (non-hydrogen) atoms. The first kappa shape index (κ1) is 22.6. The number of aryl methyl sites for hydroxylation is 1. The maximum atomic E-state index is 13.3. The summed E-state index contributed by atoms with van der Waals surface area (Å²) in [6, 6.07) is 15.7. The van der Waals surface area contributed by atoms with E-state index in [1.54, 1.807) is 37.3 Å². The quantitative estimate of drug-likeness (QED) is 0.377. The SMILES string of the molecule is Cc1ccc(N(CCC#N)C(=O)C(C)Sc2nc(C(F)(F)F)nc3ccccc23)cc1. The molecule has 1 heterocycles. The molecule has 0 aliphatic carbocycles. The second kappa shape index (κ2) is 9.35. The average molecular weight is 444 g/mol. The van der Waals surface area contributed by atoms with Gasteiger partial charge in [-0.25, -0.2) is 9.97 Å². The van der Waals surface area contributed by atoms with Crippen molar-refractivity contribution in [1.82, 2.24) is 9.97 Å². The van der Waals surface area contributed by atoms with E-state index in [-0.39, 0.29) is 29.4 Å². The summed E-state index contributed by atoms with van der Waals surface area (Å²) in [6.07, 6.45) is -4.57. The van der Waals surface area contributed by atoms with Crippen LogP contribution in [0.25, 0.3) is 10.9 Å². The van der Waals surface area contributed by atoms with E-state index in [9.17, 15) is 18.0 Å². The van der Waals surface area contributed by atoms with Crippen LogP contribution in [0.1, 0.15) is 24.7 Å². The molecule has 0 aliphatic heterocycles. The van der Waals surface area contributed by atoms with Crippen molar-refractivity contribution in [2.75, 3.05) is 11.4 Å². The van der Waals surface area contributed by atoms with Crippen LogP contribution in [0.3, 0.4) is 0 Å². The Morgan fingerprint density at radius 1 is 1.16 bits per heavy atom. The van der Waals surface area contributed by atoms with E-state index < -0.39 is 17.3 Å². The van der Waals surface area contributed by atoms with Gasteiger partial charge in [0.25, 0.3) is 0 Å². The number of aromatic nitrogens is 2. The van der Waals surface area contributed by atoms with Crippen molar-refractivity contribution < 1.29 is 18.0 Å². The number of nitriles is 1.